The van der Waals surface area contributed by atoms with E-state index in [1.807, 2.05) is 33.3 Å². The monoisotopic (exact) mass is 144 g/mol. The third-order valence-corrected chi connectivity index (χ3v) is 1.10. The van der Waals surface area contributed by atoms with Crippen LogP contribution < -0.4 is 0 Å². The van der Waals surface area contributed by atoms with Crippen molar-refractivity contribution in [2.75, 3.05) is 20.6 Å². The zero-order chi connectivity index (χ0) is 8.20. The number of nitrogens with zero attached hydrogens (tertiary/aromatic N) is 1. The van der Waals surface area contributed by atoms with Gasteiger partial charge in [-0.15, -0.1) is 0 Å². The maximum atomic E-state index is 10.2. The molecule has 0 aromatic heterocycles. The largest absolute Gasteiger partial charge is 0.477 e. The van der Waals surface area contributed by atoms with Crippen LogP contribution in [-0.2, 0) is 4.79 Å². The molecule has 0 fully saturated rings. The second-order valence-corrected chi connectivity index (χ2v) is 2.81. The Morgan fingerprint density at radius 2 is 2.10 bits per heavy atom. The quantitative estimate of drug-likeness (QED) is 0.591. The van der Waals surface area contributed by atoms with Gasteiger partial charge >= 0.3 is 5.97 Å². The molecule has 10 heavy (non-hydrogen) atoms. The number of hydrogen-bond donors (Lipinski definition) is 1. The van der Waals surface area contributed by atoms with Crippen molar-refractivity contribution in [2.45, 2.75) is 6.92 Å². The van der Waals surface area contributed by atoms with Gasteiger partial charge in [-0.05, 0) is 13.0 Å². The van der Waals surface area contributed by atoms with Crippen molar-refractivity contribution >= 4 is 5.97 Å². The predicted molar refractivity (Wildman–Crippen MR) is 39.4 cm³/mol. The summed E-state index contributed by atoms with van der Waals surface area (Å²) < 4.78 is 0.395. The van der Waals surface area contributed by atoms with Crippen LogP contribution in [0.1, 0.15) is 6.92 Å². The fourth-order valence-corrected chi connectivity index (χ4v) is 0.805. The Labute approximate surface area is 61.2 Å². The van der Waals surface area contributed by atoms with Crippen molar-refractivity contribution < 1.29 is 14.4 Å². The molecule has 0 aromatic rings. The zero-order valence-corrected chi connectivity index (χ0v) is 6.66. The van der Waals surface area contributed by atoms with E-state index in [2.05, 4.69) is 0 Å². The lowest BCUT2D eigenvalue weighted by atomic mass is 10.5. The Morgan fingerprint density at radius 1 is 1.60 bits per heavy atom. The van der Waals surface area contributed by atoms with E-state index in [0.717, 1.165) is 0 Å². The minimum absolute atomic E-state index is 0.129. The molecule has 0 unspecified atom stereocenters. The van der Waals surface area contributed by atoms with Crippen molar-refractivity contribution in [1.82, 2.24) is 0 Å². The highest BCUT2D eigenvalue weighted by Crippen LogP contribution is 1.96. The van der Waals surface area contributed by atoms with Gasteiger partial charge < -0.3 is 5.11 Å². The third-order valence-electron chi connectivity index (χ3n) is 1.10. The normalized spacial score (nSPS) is 12.3. The molecule has 0 saturated heterocycles. The highest BCUT2D eigenvalue weighted by Gasteiger charge is 2.14. The van der Waals surface area contributed by atoms with Crippen molar-refractivity contribution in [3.05, 3.63) is 12.3 Å². The molecule has 0 rings (SSSR count). The molecule has 0 aliphatic heterocycles. The Morgan fingerprint density at radius 3 is 2.40 bits per heavy atom. The van der Waals surface area contributed by atoms with Crippen LogP contribution in [0.2, 0.25) is 0 Å². The number of carboxylic acids is 1. The molecule has 0 aliphatic carbocycles. The molecule has 3 nitrogen and oxygen atoms in total. The van der Waals surface area contributed by atoms with Gasteiger partial charge in [0.25, 0.3) is 0 Å². The molecule has 0 amide bonds. The summed E-state index contributed by atoms with van der Waals surface area (Å²) in [5.74, 6) is -0.775. The van der Waals surface area contributed by atoms with E-state index < -0.39 is 5.97 Å². The van der Waals surface area contributed by atoms with E-state index in [1.165, 1.54) is 0 Å². The van der Waals surface area contributed by atoms with Crippen molar-refractivity contribution in [3.8, 4) is 0 Å². The average molecular weight is 144 g/mol. The fourth-order valence-electron chi connectivity index (χ4n) is 0.805. The first-order chi connectivity index (χ1) is 4.48. The van der Waals surface area contributed by atoms with Gasteiger partial charge in [-0.2, -0.15) is 0 Å². The summed E-state index contributed by atoms with van der Waals surface area (Å²) >= 11 is 0. The first-order valence-corrected chi connectivity index (χ1v) is 3.16. The topological polar surface area (TPSA) is 37.3 Å². The lowest BCUT2D eigenvalue weighted by Gasteiger charge is -2.21. The van der Waals surface area contributed by atoms with Crippen LogP contribution in [0.4, 0.5) is 0 Å². The number of hydrogen-bond acceptors (Lipinski definition) is 1. The lowest BCUT2D eigenvalue weighted by Crippen LogP contribution is -2.38. The molecular weight excluding hydrogens is 130 g/mol. The standard InChI is InChI=1S/C7H13NO2/c1-4-5-8(2,3)6-7(9)10/h4-5H,6H2,1-3H3/p+1. The fraction of sp³-hybridized carbons (Fsp3) is 0.571. The summed E-state index contributed by atoms with van der Waals surface area (Å²) in [6, 6.07) is 0. The molecule has 0 aromatic carbocycles. The number of aliphatic carboxylic acids is 1. The van der Waals surface area contributed by atoms with Crippen LogP contribution in [0.15, 0.2) is 12.3 Å². The Kier molecular flexibility index (Phi) is 3.09. The van der Waals surface area contributed by atoms with E-state index >= 15 is 0 Å². The molecule has 0 saturated carbocycles. The van der Waals surface area contributed by atoms with E-state index in [0.29, 0.717) is 4.48 Å². The number of carboxylic acid groups (broad SMARTS) is 1. The summed E-state index contributed by atoms with van der Waals surface area (Å²) in [7, 11) is 3.68. The van der Waals surface area contributed by atoms with Gasteiger partial charge in [0.1, 0.15) is 0 Å². The summed E-state index contributed by atoms with van der Waals surface area (Å²) in [6.45, 7) is 2.01. The highest BCUT2D eigenvalue weighted by atomic mass is 16.4. The zero-order valence-electron chi connectivity index (χ0n) is 6.66. The van der Waals surface area contributed by atoms with Gasteiger partial charge in [-0.1, -0.05) is 0 Å². The van der Waals surface area contributed by atoms with Crippen LogP contribution in [-0.4, -0.2) is 36.2 Å². The van der Waals surface area contributed by atoms with Crippen molar-refractivity contribution in [3.63, 3.8) is 0 Å². The maximum absolute atomic E-state index is 10.2. The van der Waals surface area contributed by atoms with Crippen LogP contribution in [0.3, 0.4) is 0 Å². The highest BCUT2D eigenvalue weighted by molar-refractivity contribution is 5.67. The Hall–Kier alpha value is -0.830. The SMILES string of the molecule is CC=C[N+](C)(C)CC(=O)O. The number of rotatable bonds is 3. The van der Waals surface area contributed by atoms with Crippen LogP contribution in [0.25, 0.3) is 0 Å². The number of carbonyl (C=O) groups is 1. The minimum atomic E-state index is -0.775. The van der Waals surface area contributed by atoms with Gasteiger partial charge in [-0.25, -0.2) is 4.79 Å². The van der Waals surface area contributed by atoms with E-state index in [9.17, 15) is 4.79 Å². The molecular formula is C7H14NO2+. The second-order valence-electron chi connectivity index (χ2n) is 2.81. The molecule has 0 spiro atoms. The molecule has 0 radical (unpaired) electrons. The van der Waals surface area contributed by atoms with Gasteiger partial charge in [-0.3, -0.25) is 4.48 Å². The van der Waals surface area contributed by atoms with Crippen molar-refractivity contribution in [2.24, 2.45) is 0 Å². The average Bonchev–Trinajstić information content (AvgIpc) is 1.59. The van der Waals surface area contributed by atoms with Gasteiger partial charge in [0.2, 0.25) is 0 Å². The van der Waals surface area contributed by atoms with Gasteiger partial charge in [0, 0.05) is 0 Å². The third kappa shape index (κ3) is 4.09. The maximum Gasteiger partial charge on any atom is 0.359 e. The molecule has 0 atom stereocenters. The Balaban J connectivity index is 3.99. The minimum Gasteiger partial charge on any atom is -0.477 e. The summed E-state index contributed by atoms with van der Waals surface area (Å²) in [5.41, 5.74) is 0. The van der Waals surface area contributed by atoms with Gasteiger partial charge in [0.15, 0.2) is 6.54 Å². The number of allylic oxidation sites excluding steroid dienone is 1. The lowest BCUT2D eigenvalue weighted by molar-refractivity contribution is -0.831. The number of likely N-dealkylation sites (N-methyl/N-ethyl adjacent to an activating group) is 1. The molecule has 0 bridgehead atoms. The summed E-state index contributed by atoms with van der Waals surface area (Å²) in [6.07, 6.45) is 3.69. The van der Waals surface area contributed by atoms with Crippen LogP contribution in [0, 0.1) is 0 Å². The second kappa shape index (κ2) is 3.37. The smallest absolute Gasteiger partial charge is 0.359 e. The molecule has 0 heterocycles. The molecule has 3 heteroatoms. The Bertz CT molecular complexity index is 150. The summed E-state index contributed by atoms with van der Waals surface area (Å²) in [5, 5.41) is 8.43. The van der Waals surface area contributed by atoms with Crippen molar-refractivity contribution in [1.29, 1.82) is 0 Å². The van der Waals surface area contributed by atoms with E-state index in [1.54, 1.807) is 0 Å². The van der Waals surface area contributed by atoms with E-state index in [-0.39, 0.29) is 6.54 Å². The van der Waals surface area contributed by atoms with E-state index in [4.69, 9.17) is 5.11 Å². The molecule has 0 aliphatic rings. The van der Waals surface area contributed by atoms with Crippen LogP contribution in [0.5, 0.6) is 0 Å². The molecule has 1 N–H and O–H groups in total. The summed E-state index contributed by atoms with van der Waals surface area (Å²) in [4.78, 5) is 10.2. The van der Waals surface area contributed by atoms with Gasteiger partial charge in [0.05, 0.1) is 20.3 Å². The predicted octanol–water partition coefficient (Wildman–Crippen LogP) is 0.681. The first kappa shape index (κ1) is 9.17. The molecule has 58 valence electrons. The number of quaternary nitrogens is 1. The van der Waals surface area contributed by atoms with Crippen LogP contribution >= 0.6 is 0 Å². The first-order valence-electron chi connectivity index (χ1n) is 3.16.